The maximum atomic E-state index is 12.4. The molecule has 1 amide bonds. The first-order chi connectivity index (χ1) is 8.61. The summed E-state index contributed by atoms with van der Waals surface area (Å²) in [7, 11) is 1.90. The summed E-state index contributed by atoms with van der Waals surface area (Å²) in [6.07, 6.45) is 3.15. The van der Waals surface area contributed by atoms with Crippen LogP contribution in [0.25, 0.3) is 0 Å². The smallest absolute Gasteiger partial charge is 0.229 e. The number of ether oxygens (including phenoxy) is 1. The van der Waals surface area contributed by atoms with E-state index in [0.717, 1.165) is 18.7 Å². The van der Waals surface area contributed by atoms with Crippen molar-refractivity contribution in [3.05, 3.63) is 0 Å². The molecule has 0 radical (unpaired) electrons. The van der Waals surface area contributed by atoms with Gasteiger partial charge in [0.05, 0.1) is 19.1 Å². The molecule has 0 spiro atoms. The minimum atomic E-state index is -0.0224. The summed E-state index contributed by atoms with van der Waals surface area (Å²) in [5.41, 5.74) is 0. The van der Waals surface area contributed by atoms with E-state index in [-0.39, 0.29) is 23.9 Å². The maximum absolute atomic E-state index is 12.4. The Hall–Kier alpha value is -0.260. The lowest BCUT2D eigenvalue weighted by Gasteiger charge is -2.29. The van der Waals surface area contributed by atoms with Gasteiger partial charge in [0.1, 0.15) is 0 Å². The zero-order chi connectivity index (χ0) is 13.5. The van der Waals surface area contributed by atoms with Crippen LogP contribution in [0.5, 0.6) is 0 Å². The first kappa shape index (κ1) is 15.8. The first-order valence-electron chi connectivity index (χ1n) is 6.68. The van der Waals surface area contributed by atoms with Gasteiger partial charge in [0.15, 0.2) is 0 Å². The third-order valence-corrected chi connectivity index (χ3v) is 4.29. The SMILES string of the molecule is CCCNC1COCC1C(=O)N(C)C(C)CSC. The third kappa shape index (κ3) is 4.14. The lowest BCUT2D eigenvalue weighted by Crippen LogP contribution is -2.47. The quantitative estimate of drug-likeness (QED) is 0.758. The van der Waals surface area contributed by atoms with Gasteiger partial charge >= 0.3 is 0 Å². The summed E-state index contributed by atoms with van der Waals surface area (Å²) >= 11 is 1.77. The van der Waals surface area contributed by atoms with E-state index < -0.39 is 0 Å². The van der Waals surface area contributed by atoms with E-state index in [0.29, 0.717) is 13.2 Å². The number of nitrogens with zero attached hydrogens (tertiary/aromatic N) is 1. The number of hydrogen-bond donors (Lipinski definition) is 1. The van der Waals surface area contributed by atoms with Crippen molar-refractivity contribution in [1.82, 2.24) is 10.2 Å². The van der Waals surface area contributed by atoms with E-state index in [9.17, 15) is 4.79 Å². The highest BCUT2D eigenvalue weighted by molar-refractivity contribution is 7.98. The molecule has 1 rings (SSSR count). The van der Waals surface area contributed by atoms with Crippen LogP contribution in [0.3, 0.4) is 0 Å². The van der Waals surface area contributed by atoms with Gasteiger partial charge in [-0.1, -0.05) is 6.92 Å². The molecule has 1 aliphatic rings. The number of carbonyl (C=O) groups is 1. The van der Waals surface area contributed by atoms with Crippen molar-refractivity contribution in [3.63, 3.8) is 0 Å². The molecule has 106 valence electrons. The number of thioether (sulfide) groups is 1. The van der Waals surface area contributed by atoms with Gasteiger partial charge in [0.2, 0.25) is 5.91 Å². The van der Waals surface area contributed by atoms with Crippen LogP contribution in [0.15, 0.2) is 0 Å². The summed E-state index contributed by atoms with van der Waals surface area (Å²) in [4.78, 5) is 14.3. The molecule has 1 fully saturated rings. The van der Waals surface area contributed by atoms with E-state index in [1.54, 1.807) is 11.8 Å². The Kier molecular flexibility index (Phi) is 7.04. The van der Waals surface area contributed by atoms with Gasteiger partial charge in [-0.25, -0.2) is 0 Å². The van der Waals surface area contributed by atoms with Crippen LogP contribution in [0.4, 0.5) is 0 Å². The molecule has 18 heavy (non-hydrogen) atoms. The van der Waals surface area contributed by atoms with Crippen LogP contribution >= 0.6 is 11.8 Å². The zero-order valence-corrected chi connectivity index (χ0v) is 12.8. The summed E-state index contributed by atoms with van der Waals surface area (Å²) < 4.78 is 5.46. The maximum Gasteiger partial charge on any atom is 0.229 e. The van der Waals surface area contributed by atoms with Gasteiger partial charge in [0, 0.05) is 24.9 Å². The molecular weight excluding hydrogens is 248 g/mol. The fourth-order valence-corrected chi connectivity index (χ4v) is 2.87. The molecule has 3 unspecified atom stereocenters. The minimum absolute atomic E-state index is 0.0224. The second kappa shape index (κ2) is 8.02. The summed E-state index contributed by atoms with van der Waals surface area (Å²) in [6.45, 7) is 6.38. The summed E-state index contributed by atoms with van der Waals surface area (Å²) in [5.74, 6) is 1.16. The van der Waals surface area contributed by atoms with Crippen molar-refractivity contribution in [3.8, 4) is 0 Å². The third-order valence-electron chi connectivity index (χ3n) is 3.47. The Morgan fingerprint density at radius 1 is 1.56 bits per heavy atom. The second-order valence-corrected chi connectivity index (χ2v) is 5.87. The van der Waals surface area contributed by atoms with Crippen molar-refractivity contribution in [2.75, 3.05) is 38.8 Å². The normalized spacial score (nSPS) is 25.1. The highest BCUT2D eigenvalue weighted by Gasteiger charge is 2.36. The molecule has 5 heteroatoms. The average molecular weight is 274 g/mol. The largest absolute Gasteiger partial charge is 0.379 e. The molecule has 1 N–H and O–H groups in total. The number of hydrogen-bond acceptors (Lipinski definition) is 4. The topological polar surface area (TPSA) is 41.6 Å². The van der Waals surface area contributed by atoms with Crippen LogP contribution in [-0.4, -0.2) is 61.7 Å². The van der Waals surface area contributed by atoms with Crippen molar-refractivity contribution in [2.45, 2.75) is 32.4 Å². The summed E-state index contributed by atoms with van der Waals surface area (Å²) in [5, 5.41) is 3.41. The van der Waals surface area contributed by atoms with Gasteiger partial charge in [-0.05, 0) is 26.1 Å². The second-order valence-electron chi connectivity index (χ2n) is 4.96. The van der Waals surface area contributed by atoms with Crippen LogP contribution in [0.1, 0.15) is 20.3 Å². The number of amides is 1. The van der Waals surface area contributed by atoms with Gasteiger partial charge in [0.25, 0.3) is 0 Å². The molecule has 4 nitrogen and oxygen atoms in total. The fourth-order valence-electron chi connectivity index (χ4n) is 2.16. The molecule has 0 aliphatic carbocycles. The molecule has 1 heterocycles. The monoisotopic (exact) mass is 274 g/mol. The standard InChI is InChI=1S/C13H26N2O2S/c1-5-6-14-12-8-17-7-11(12)13(16)15(3)10(2)9-18-4/h10-12,14H,5-9H2,1-4H3. The van der Waals surface area contributed by atoms with E-state index in [4.69, 9.17) is 4.74 Å². The molecule has 3 atom stereocenters. The Morgan fingerprint density at radius 3 is 2.89 bits per heavy atom. The predicted octanol–water partition coefficient (Wildman–Crippen LogP) is 1.21. The van der Waals surface area contributed by atoms with Gasteiger partial charge in [-0.3, -0.25) is 4.79 Å². The molecule has 0 aromatic heterocycles. The van der Waals surface area contributed by atoms with Gasteiger partial charge in [-0.15, -0.1) is 0 Å². The zero-order valence-electron chi connectivity index (χ0n) is 11.9. The van der Waals surface area contributed by atoms with Crippen molar-refractivity contribution < 1.29 is 9.53 Å². The highest BCUT2D eigenvalue weighted by atomic mass is 32.2. The van der Waals surface area contributed by atoms with Gasteiger partial charge < -0.3 is 15.0 Å². The van der Waals surface area contributed by atoms with E-state index in [2.05, 4.69) is 25.4 Å². The van der Waals surface area contributed by atoms with Crippen LogP contribution in [0, 0.1) is 5.92 Å². The Bertz CT molecular complexity index is 263. The van der Waals surface area contributed by atoms with E-state index in [1.807, 2.05) is 11.9 Å². The predicted molar refractivity (Wildman–Crippen MR) is 77.0 cm³/mol. The number of rotatable bonds is 7. The minimum Gasteiger partial charge on any atom is -0.379 e. The van der Waals surface area contributed by atoms with E-state index in [1.165, 1.54) is 0 Å². The Labute approximate surface area is 115 Å². The molecular formula is C13H26N2O2S. The van der Waals surface area contributed by atoms with Crippen molar-refractivity contribution in [1.29, 1.82) is 0 Å². The molecule has 1 saturated heterocycles. The van der Waals surface area contributed by atoms with Crippen LogP contribution in [-0.2, 0) is 9.53 Å². The van der Waals surface area contributed by atoms with Crippen LogP contribution in [0.2, 0.25) is 0 Å². The van der Waals surface area contributed by atoms with Gasteiger partial charge in [-0.2, -0.15) is 11.8 Å². The lowest BCUT2D eigenvalue weighted by atomic mass is 10.0. The first-order valence-corrected chi connectivity index (χ1v) is 8.07. The molecule has 0 aromatic rings. The van der Waals surface area contributed by atoms with Crippen molar-refractivity contribution >= 4 is 17.7 Å². The number of nitrogens with one attached hydrogen (secondary N) is 1. The van der Waals surface area contributed by atoms with E-state index >= 15 is 0 Å². The van der Waals surface area contributed by atoms with Crippen molar-refractivity contribution in [2.24, 2.45) is 5.92 Å². The molecule has 0 saturated carbocycles. The number of carbonyl (C=O) groups excluding carboxylic acids is 1. The molecule has 0 aromatic carbocycles. The molecule has 0 bridgehead atoms. The summed E-state index contributed by atoms with van der Waals surface area (Å²) in [6, 6.07) is 0.460. The average Bonchev–Trinajstić information content (AvgIpc) is 2.83. The Morgan fingerprint density at radius 2 is 2.28 bits per heavy atom. The molecule has 1 aliphatic heterocycles. The lowest BCUT2D eigenvalue weighted by molar-refractivity contribution is -0.136. The highest BCUT2D eigenvalue weighted by Crippen LogP contribution is 2.18. The van der Waals surface area contributed by atoms with Crippen LogP contribution < -0.4 is 5.32 Å². The Balaban J connectivity index is 2.53. The fraction of sp³-hybridized carbons (Fsp3) is 0.923.